The van der Waals surface area contributed by atoms with Gasteiger partial charge in [-0.2, -0.15) is 0 Å². The number of fused-ring (bicyclic) bond motifs is 10. The second kappa shape index (κ2) is 20.7. The van der Waals surface area contributed by atoms with E-state index in [9.17, 15) is 16.4 Å². The quantitative estimate of drug-likeness (QED) is 0.111. The third-order valence-corrected chi connectivity index (χ3v) is 19.4. The van der Waals surface area contributed by atoms with Crippen molar-refractivity contribution >= 4 is 95.1 Å². The standard InChI is InChI=1S/C82H71BN4/c1-82(2,3)58-50-77-79-78(51-58)87(81-63(56-30-12-6-13-31-56)40-25-41-64(81)57-32-14-7-15-33-57)76-53-60(85-73-44-22-18-36-67(73)68-37-19-23-45-74(68)85)47-49-70(76)83(79)69-48-46-59(84-71-42-20-16-34-65(71)66-35-17-21-43-72(66)84)52-75(69)86(77)80-61(54-26-8-4-9-27-54)38-24-39-62(80)55-28-10-5-11-29-55/h4-6,8-12,16-24,26-29,32,34-40,42-53,56,64,81H,7,13-15,25,30-31,33,41H2,1-3H3/i16D,17D,18D,19D,20D,21D,22D,23D,34D,35D,36D,37D,42D,43D,44D,45D. The minimum Gasteiger partial charge on any atom is -0.334 e. The summed E-state index contributed by atoms with van der Waals surface area (Å²) in [6.07, 6.45) is 18.1. The van der Waals surface area contributed by atoms with E-state index in [2.05, 4.69) is 128 Å². The van der Waals surface area contributed by atoms with Crippen LogP contribution in [-0.4, -0.2) is 21.9 Å². The smallest absolute Gasteiger partial charge is 0.252 e. The lowest BCUT2D eigenvalue weighted by molar-refractivity contribution is 0.392. The SMILES string of the molecule is [2H]c1c([2H])c([2H])c2c(c1[2H])c1c([2H])c([2H])c([2H])c([2H])c1n2-c1ccc2c(c1)N(c1c(-c3ccccc3)cccc1-c1ccccc1)c1cc(C(C)(C)C)cc3c1B2c1ccc(-n2c4c([2H])c([2H])c([2H])c([2H])c4c4c([2H])c([2H])c([2H])c([2H])c42)cc1N3C1C(C2CC=CCC2)=CCCC1C1=CCCCC1. The van der Waals surface area contributed by atoms with E-state index in [0.29, 0.717) is 17.1 Å². The van der Waals surface area contributed by atoms with Crippen LogP contribution in [0.15, 0.2) is 260 Å². The van der Waals surface area contributed by atoms with Gasteiger partial charge in [0.1, 0.15) is 0 Å². The van der Waals surface area contributed by atoms with E-state index in [1.54, 1.807) is 9.13 Å². The highest BCUT2D eigenvalue weighted by Crippen LogP contribution is 2.54. The van der Waals surface area contributed by atoms with Gasteiger partial charge in [-0.3, -0.25) is 0 Å². The Balaban J connectivity index is 1.06. The molecule has 2 aliphatic heterocycles. The topological polar surface area (TPSA) is 16.3 Å². The Morgan fingerprint density at radius 1 is 0.494 bits per heavy atom. The van der Waals surface area contributed by atoms with Crippen LogP contribution in [0.25, 0.3) is 77.2 Å². The average Bonchev–Trinajstić information content (AvgIpc) is 1.43. The fourth-order valence-corrected chi connectivity index (χ4v) is 15.5. The second-order valence-corrected chi connectivity index (χ2v) is 25.1. The largest absolute Gasteiger partial charge is 0.334 e. The molecule has 4 nitrogen and oxygen atoms in total. The summed E-state index contributed by atoms with van der Waals surface area (Å²) in [6.45, 7) is 6.04. The lowest BCUT2D eigenvalue weighted by Gasteiger charge is -2.51. The molecule has 0 spiro atoms. The number of allylic oxidation sites excluding steroid dienone is 4. The van der Waals surface area contributed by atoms with Crippen LogP contribution in [0.3, 0.4) is 0 Å². The Morgan fingerprint density at radius 3 is 1.59 bits per heavy atom. The molecule has 0 amide bonds. The molecule has 12 aromatic rings. The van der Waals surface area contributed by atoms with Gasteiger partial charge in [0, 0.05) is 72.7 Å². The van der Waals surface area contributed by atoms with Crippen molar-refractivity contribution in [2.45, 2.75) is 90.0 Å². The number of benzene rings is 10. The summed E-state index contributed by atoms with van der Waals surface area (Å²) in [5.74, 6) is 0.219. The normalized spacial score (nSPS) is 20.8. The molecule has 10 aromatic carbocycles. The molecule has 3 atom stereocenters. The molecule has 0 bridgehead atoms. The van der Waals surface area contributed by atoms with Crippen LogP contribution in [0.1, 0.15) is 106 Å². The molecular formula is C82H71BN4. The predicted octanol–water partition coefficient (Wildman–Crippen LogP) is 19.8. The number of aromatic nitrogens is 2. The number of hydrogen-bond acceptors (Lipinski definition) is 2. The van der Waals surface area contributed by atoms with E-state index >= 15 is 0 Å². The average molecular weight is 1140 g/mol. The summed E-state index contributed by atoms with van der Waals surface area (Å²) < 4.78 is 153. The fourth-order valence-electron chi connectivity index (χ4n) is 15.5. The van der Waals surface area contributed by atoms with Crippen molar-refractivity contribution in [3.8, 4) is 33.6 Å². The van der Waals surface area contributed by atoms with Crippen molar-refractivity contribution in [3.63, 3.8) is 0 Å². The minimum absolute atomic E-state index is 0.0129. The Hall–Kier alpha value is -9.32. The van der Waals surface area contributed by atoms with Crippen LogP contribution >= 0.6 is 0 Å². The van der Waals surface area contributed by atoms with Gasteiger partial charge in [-0.05, 0) is 168 Å². The molecule has 0 saturated carbocycles. The predicted molar refractivity (Wildman–Crippen MR) is 370 cm³/mol. The second-order valence-electron chi connectivity index (χ2n) is 25.1. The van der Waals surface area contributed by atoms with Gasteiger partial charge in [0.2, 0.25) is 0 Å². The van der Waals surface area contributed by atoms with Crippen LogP contribution in [0.4, 0.5) is 28.4 Å². The molecule has 3 aliphatic carbocycles. The third-order valence-electron chi connectivity index (χ3n) is 19.4. The number of para-hydroxylation sites is 5. The first kappa shape index (κ1) is 38.0. The van der Waals surface area contributed by atoms with Crippen LogP contribution in [0.5, 0.6) is 0 Å². The van der Waals surface area contributed by atoms with Gasteiger partial charge in [0.25, 0.3) is 6.71 Å². The third kappa shape index (κ3) is 8.32. The highest BCUT2D eigenvalue weighted by Gasteiger charge is 2.49. The maximum atomic E-state index is 9.75. The summed E-state index contributed by atoms with van der Waals surface area (Å²) in [6, 6.07) is 35.8. The molecule has 17 rings (SSSR count). The zero-order valence-electron chi connectivity index (χ0n) is 64.9. The van der Waals surface area contributed by atoms with Gasteiger partial charge in [0.15, 0.2) is 0 Å². The fraction of sp³-hybridized carbons (Fsp3) is 0.195. The van der Waals surface area contributed by atoms with Crippen molar-refractivity contribution in [3.05, 3.63) is 265 Å². The first-order chi connectivity index (χ1) is 49.5. The lowest BCUT2D eigenvalue weighted by atomic mass is 9.33. The summed E-state index contributed by atoms with van der Waals surface area (Å²) in [5.41, 5.74) is 14.5. The molecule has 0 N–H and O–H groups in total. The van der Waals surface area contributed by atoms with Crippen LogP contribution in [-0.2, 0) is 5.41 Å². The van der Waals surface area contributed by atoms with E-state index in [1.807, 2.05) is 54.6 Å². The van der Waals surface area contributed by atoms with Crippen molar-refractivity contribution in [2.75, 3.05) is 9.80 Å². The molecule has 0 fully saturated rings. The van der Waals surface area contributed by atoms with E-state index in [-0.39, 0.29) is 61.5 Å². The first-order valence-corrected chi connectivity index (χ1v) is 30.9. The number of anilines is 5. The molecule has 87 heavy (non-hydrogen) atoms. The highest BCUT2D eigenvalue weighted by molar-refractivity contribution is 7.00. The van der Waals surface area contributed by atoms with Gasteiger partial charge in [-0.1, -0.05) is 214 Å². The number of nitrogens with zero attached hydrogens (tertiary/aromatic N) is 4. The summed E-state index contributed by atoms with van der Waals surface area (Å²) in [4.78, 5) is 4.97. The summed E-state index contributed by atoms with van der Waals surface area (Å²) in [5, 5.41) is -0.113. The molecular weight excluding hydrogens is 1050 g/mol. The van der Waals surface area contributed by atoms with Crippen molar-refractivity contribution in [2.24, 2.45) is 11.8 Å². The van der Waals surface area contributed by atoms with E-state index < -0.39 is 109 Å². The summed E-state index contributed by atoms with van der Waals surface area (Å²) >= 11 is 0. The Kier molecular flexibility index (Phi) is 9.03. The maximum Gasteiger partial charge on any atom is 0.252 e. The first-order valence-electron chi connectivity index (χ1n) is 38.9. The van der Waals surface area contributed by atoms with Gasteiger partial charge in [-0.25, -0.2) is 0 Å². The van der Waals surface area contributed by atoms with Crippen molar-refractivity contribution in [1.29, 1.82) is 0 Å². The number of rotatable bonds is 8. The molecule has 0 radical (unpaired) electrons. The van der Waals surface area contributed by atoms with Gasteiger partial charge < -0.3 is 18.9 Å². The van der Waals surface area contributed by atoms with Gasteiger partial charge in [-0.15, -0.1) is 0 Å². The van der Waals surface area contributed by atoms with Gasteiger partial charge >= 0.3 is 0 Å². The van der Waals surface area contributed by atoms with E-state index in [0.717, 1.165) is 125 Å². The van der Waals surface area contributed by atoms with Crippen molar-refractivity contribution < 1.29 is 21.9 Å². The van der Waals surface area contributed by atoms with Crippen LogP contribution < -0.4 is 26.2 Å². The molecule has 422 valence electrons. The molecule has 2 aromatic heterocycles. The van der Waals surface area contributed by atoms with Crippen molar-refractivity contribution in [1.82, 2.24) is 9.13 Å². The molecule has 5 aliphatic rings. The van der Waals surface area contributed by atoms with Gasteiger partial charge in [0.05, 0.1) is 55.7 Å². The lowest BCUT2D eigenvalue weighted by Crippen LogP contribution is -2.64. The monoisotopic (exact) mass is 1140 g/mol. The Bertz CT molecular complexity index is 5580. The van der Waals surface area contributed by atoms with E-state index in [1.165, 1.54) is 11.1 Å². The Morgan fingerprint density at radius 2 is 1.05 bits per heavy atom. The Labute approximate surface area is 534 Å². The van der Waals surface area contributed by atoms with E-state index in [4.69, 9.17) is 5.48 Å². The molecule has 3 unspecified atom stereocenters. The molecule has 4 heterocycles. The minimum atomic E-state index is -0.620. The number of hydrogen-bond donors (Lipinski definition) is 0. The molecule has 0 saturated heterocycles. The maximum absolute atomic E-state index is 9.75. The zero-order valence-corrected chi connectivity index (χ0v) is 48.9. The van der Waals surface area contributed by atoms with Crippen LogP contribution in [0.2, 0.25) is 0 Å². The zero-order chi connectivity index (χ0) is 71.8. The van der Waals surface area contributed by atoms with Crippen LogP contribution in [0, 0.1) is 11.8 Å². The summed E-state index contributed by atoms with van der Waals surface area (Å²) in [7, 11) is 0. The molecule has 5 heteroatoms. The highest BCUT2D eigenvalue weighted by atomic mass is 15.2.